The summed E-state index contributed by atoms with van der Waals surface area (Å²) in [5, 5.41) is 10.5. The average molecular weight is 459 g/mol. The summed E-state index contributed by atoms with van der Waals surface area (Å²) >= 11 is 1.56. The molecule has 0 unspecified atom stereocenters. The van der Waals surface area contributed by atoms with E-state index in [1.807, 2.05) is 18.4 Å². The number of nitrogens with one attached hydrogen (secondary N) is 2. The van der Waals surface area contributed by atoms with Crippen LogP contribution >= 0.6 is 11.3 Å². The van der Waals surface area contributed by atoms with Crippen molar-refractivity contribution in [2.24, 2.45) is 0 Å². The Kier molecular flexibility index (Phi) is 5.41. The van der Waals surface area contributed by atoms with E-state index in [0.717, 1.165) is 10.7 Å². The van der Waals surface area contributed by atoms with Crippen molar-refractivity contribution >= 4 is 34.0 Å². The summed E-state index contributed by atoms with van der Waals surface area (Å²) in [6, 6.07) is 14.1. The number of thiazole rings is 1. The van der Waals surface area contributed by atoms with Crippen LogP contribution in [0.2, 0.25) is 0 Å². The minimum absolute atomic E-state index is 0.280. The molecule has 9 nitrogen and oxygen atoms in total. The number of H-pyrrole nitrogens is 1. The first-order chi connectivity index (χ1) is 16.1. The van der Waals surface area contributed by atoms with Crippen molar-refractivity contribution in [2.45, 2.75) is 13.5 Å². The third-order valence-electron chi connectivity index (χ3n) is 4.90. The molecule has 0 aliphatic carbocycles. The summed E-state index contributed by atoms with van der Waals surface area (Å²) in [6.45, 7) is 2.27. The molecule has 33 heavy (non-hydrogen) atoms. The van der Waals surface area contributed by atoms with Crippen molar-refractivity contribution < 1.29 is 9.53 Å². The number of ether oxygens (including phenoxy) is 1. The lowest BCUT2D eigenvalue weighted by atomic mass is 10.2. The van der Waals surface area contributed by atoms with E-state index in [0.29, 0.717) is 40.3 Å². The van der Waals surface area contributed by atoms with Crippen LogP contribution in [0.5, 0.6) is 5.75 Å². The largest absolute Gasteiger partial charge is 0.487 e. The minimum Gasteiger partial charge on any atom is -0.487 e. The molecule has 0 atom stereocenters. The van der Waals surface area contributed by atoms with Gasteiger partial charge in [-0.1, -0.05) is 18.2 Å². The summed E-state index contributed by atoms with van der Waals surface area (Å²) in [4.78, 5) is 36.2. The number of fused-ring (bicyclic) bond motifs is 1. The van der Waals surface area contributed by atoms with Crippen molar-refractivity contribution in [2.75, 3.05) is 5.32 Å². The topological polar surface area (TPSA) is 115 Å². The molecule has 1 amide bonds. The van der Waals surface area contributed by atoms with Crippen molar-refractivity contribution in [3.8, 4) is 11.4 Å². The molecule has 0 aliphatic rings. The van der Waals surface area contributed by atoms with Crippen LogP contribution in [0.3, 0.4) is 0 Å². The summed E-state index contributed by atoms with van der Waals surface area (Å²) < 4.78 is 7.32. The Hall–Kier alpha value is -4.31. The lowest BCUT2D eigenvalue weighted by Crippen LogP contribution is -2.14. The minimum atomic E-state index is -0.306. The molecule has 0 radical (unpaired) electrons. The molecule has 5 rings (SSSR count). The van der Waals surface area contributed by atoms with E-state index in [-0.39, 0.29) is 11.5 Å². The Morgan fingerprint density at radius 2 is 2.09 bits per heavy atom. The molecule has 5 aromatic rings. The van der Waals surface area contributed by atoms with Crippen molar-refractivity contribution in [3.05, 3.63) is 93.1 Å². The first kappa shape index (κ1) is 20.6. The van der Waals surface area contributed by atoms with E-state index in [1.54, 1.807) is 53.8 Å². The van der Waals surface area contributed by atoms with Gasteiger partial charge in [0.25, 0.3) is 11.5 Å². The molecule has 10 heteroatoms. The quantitative estimate of drug-likeness (QED) is 0.401. The fourth-order valence-electron chi connectivity index (χ4n) is 3.35. The molecular weight excluding hydrogens is 440 g/mol. The average Bonchev–Trinajstić information content (AvgIpc) is 3.45. The number of hydrogen-bond acceptors (Lipinski definition) is 7. The number of benzene rings is 2. The van der Waals surface area contributed by atoms with Gasteiger partial charge in [0.05, 0.1) is 34.6 Å². The Morgan fingerprint density at radius 3 is 2.94 bits per heavy atom. The predicted molar refractivity (Wildman–Crippen MR) is 125 cm³/mol. The summed E-state index contributed by atoms with van der Waals surface area (Å²) in [6.07, 6.45) is 2.77. The van der Waals surface area contributed by atoms with Crippen LogP contribution in [0.15, 0.2) is 71.2 Å². The van der Waals surface area contributed by atoms with E-state index in [1.165, 1.54) is 17.2 Å². The zero-order valence-electron chi connectivity index (χ0n) is 17.5. The first-order valence-electron chi connectivity index (χ1n) is 10.0. The smallest absolute Gasteiger partial charge is 0.261 e. The number of nitrogens with zero attached hydrogens (tertiary/aromatic N) is 4. The molecule has 0 aliphatic heterocycles. The van der Waals surface area contributed by atoms with Gasteiger partial charge in [0.2, 0.25) is 0 Å². The molecule has 2 N–H and O–H groups in total. The van der Waals surface area contributed by atoms with Crippen LogP contribution in [0.25, 0.3) is 16.7 Å². The fourth-order valence-corrected chi connectivity index (χ4v) is 3.95. The molecule has 164 valence electrons. The highest BCUT2D eigenvalue weighted by Crippen LogP contribution is 2.24. The van der Waals surface area contributed by atoms with Gasteiger partial charge in [0, 0.05) is 10.9 Å². The van der Waals surface area contributed by atoms with Gasteiger partial charge in [-0.25, -0.2) is 14.6 Å². The van der Waals surface area contributed by atoms with Crippen LogP contribution < -0.4 is 15.6 Å². The second kappa shape index (κ2) is 8.67. The second-order valence-electron chi connectivity index (χ2n) is 7.17. The summed E-state index contributed by atoms with van der Waals surface area (Å²) in [5.74, 6) is 0.266. The Balaban J connectivity index is 1.38. The number of hydrogen-bond donors (Lipinski definition) is 2. The number of carbonyl (C=O) groups is 1. The number of aromatic nitrogens is 5. The van der Waals surface area contributed by atoms with Crippen LogP contribution in [0, 0.1) is 6.92 Å². The number of carbonyl (C=O) groups excluding carboxylic acids is 1. The summed E-state index contributed by atoms with van der Waals surface area (Å²) in [5.41, 5.74) is 2.52. The molecule has 3 aromatic heterocycles. The standard InChI is InChI=1S/C23H18N6O3S/c1-14-27-16(12-33-14)11-32-17-6-4-5-15(9-17)22(30)28-19-7-2-3-8-20(19)29-21-18(10-26-29)23(31)25-13-24-21/h2-10,12-13H,11H2,1H3,(H,28,30)(H,24,25,31). The zero-order valence-corrected chi connectivity index (χ0v) is 18.3. The van der Waals surface area contributed by atoms with E-state index >= 15 is 0 Å². The highest BCUT2D eigenvalue weighted by atomic mass is 32.1. The number of para-hydroxylation sites is 2. The van der Waals surface area contributed by atoms with Gasteiger partial charge in [-0.2, -0.15) is 5.10 Å². The lowest BCUT2D eigenvalue weighted by molar-refractivity contribution is 0.102. The number of amides is 1. The van der Waals surface area contributed by atoms with Gasteiger partial charge in [0.15, 0.2) is 5.65 Å². The summed E-state index contributed by atoms with van der Waals surface area (Å²) in [7, 11) is 0. The van der Waals surface area contributed by atoms with Gasteiger partial charge < -0.3 is 15.0 Å². The predicted octanol–water partition coefficient (Wildman–Crippen LogP) is 3.71. The molecule has 0 saturated heterocycles. The number of rotatable bonds is 6. The van der Waals surface area contributed by atoms with Gasteiger partial charge >= 0.3 is 0 Å². The van der Waals surface area contributed by atoms with E-state index in [2.05, 4.69) is 25.4 Å². The molecule has 2 aromatic carbocycles. The van der Waals surface area contributed by atoms with Gasteiger partial charge in [-0.15, -0.1) is 11.3 Å². The third-order valence-corrected chi connectivity index (χ3v) is 5.72. The van der Waals surface area contributed by atoms with Crippen LogP contribution in [-0.2, 0) is 6.61 Å². The zero-order chi connectivity index (χ0) is 22.8. The molecule has 0 saturated carbocycles. The third kappa shape index (κ3) is 4.23. The number of aryl methyl sites for hydroxylation is 1. The van der Waals surface area contributed by atoms with E-state index in [9.17, 15) is 9.59 Å². The van der Waals surface area contributed by atoms with Crippen LogP contribution in [0.1, 0.15) is 21.1 Å². The Morgan fingerprint density at radius 1 is 1.21 bits per heavy atom. The molecule has 0 fully saturated rings. The SMILES string of the molecule is Cc1nc(COc2cccc(C(=O)Nc3ccccc3-n3ncc4c(=O)[nH]cnc43)c2)cs1. The molecule has 0 spiro atoms. The first-order valence-corrected chi connectivity index (χ1v) is 10.9. The lowest BCUT2D eigenvalue weighted by Gasteiger charge is -2.12. The van der Waals surface area contributed by atoms with Crippen molar-refractivity contribution in [1.82, 2.24) is 24.7 Å². The maximum absolute atomic E-state index is 13.0. The van der Waals surface area contributed by atoms with Crippen molar-refractivity contribution in [3.63, 3.8) is 0 Å². The van der Waals surface area contributed by atoms with Gasteiger partial charge in [0.1, 0.15) is 17.7 Å². The second-order valence-corrected chi connectivity index (χ2v) is 8.23. The molecule has 3 heterocycles. The maximum atomic E-state index is 13.0. The van der Waals surface area contributed by atoms with Gasteiger partial charge in [-0.3, -0.25) is 9.59 Å². The van der Waals surface area contributed by atoms with Crippen LogP contribution in [0.4, 0.5) is 5.69 Å². The number of aromatic amines is 1. The molecular formula is C23H18N6O3S. The normalized spacial score (nSPS) is 10.9. The van der Waals surface area contributed by atoms with Crippen LogP contribution in [-0.4, -0.2) is 30.6 Å². The van der Waals surface area contributed by atoms with E-state index in [4.69, 9.17) is 4.74 Å². The monoisotopic (exact) mass is 458 g/mol. The number of anilines is 1. The highest BCUT2D eigenvalue weighted by molar-refractivity contribution is 7.09. The Labute approximate surface area is 191 Å². The van der Waals surface area contributed by atoms with Gasteiger partial charge in [-0.05, 0) is 37.3 Å². The maximum Gasteiger partial charge on any atom is 0.261 e. The fraction of sp³-hybridized carbons (Fsp3) is 0.0870. The highest BCUT2D eigenvalue weighted by Gasteiger charge is 2.15. The van der Waals surface area contributed by atoms with E-state index < -0.39 is 0 Å². The Bertz CT molecular complexity index is 1520. The molecule has 0 bridgehead atoms. The van der Waals surface area contributed by atoms with Crippen molar-refractivity contribution in [1.29, 1.82) is 0 Å².